The third-order valence-corrected chi connectivity index (χ3v) is 4.43. The van der Waals surface area contributed by atoms with Crippen molar-refractivity contribution in [2.45, 2.75) is 32.1 Å². The molecule has 1 N–H and O–H groups in total. The molecule has 0 aromatic heterocycles. The Kier molecular flexibility index (Phi) is 3.64. The van der Waals surface area contributed by atoms with Crippen molar-refractivity contribution >= 4 is 29.2 Å². The summed E-state index contributed by atoms with van der Waals surface area (Å²) in [4.78, 5) is 11.4. The van der Waals surface area contributed by atoms with Crippen molar-refractivity contribution in [3.05, 3.63) is 33.8 Å². The summed E-state index contributed by atoms with van der Waals surface area (Å²) in [5, 5.41) is 10.4. The molecule has 0 heterocycles. The molecule has 4 heteroatoms. The number of hydrogen-bond donors (Lipinski definition) is 1. The lowest BCUT2D eigenvalue weighted by Gasteiger charge is -2.24. The van der Waals surface area contributed by atoms with Gasteiger partial charge >= 0.3 is 5.97 Å². The third kappa shape index (κ3) is 2.43. The first-order valence-corrected chi connectivity index (χ1v) is 6.47. The van der Waals surface area contributed by atoms with E-state index in [2.05, 4.69) is 0 Å². The highest BCUT2D eigenvalue weighted by molar-refractivity contribution is 6.42. The summed E-state index contributed by atoms with van der Waals surface area (Å²) in [6.45, 7) is 0. The standard InChI is InChI=1S/C13H14Cl2O2/c14-10-5-3-4-9(11(10)15)8-13(12(16)17)6-1-2-7-13/h3-5H,1-2,6-8H2,(H,16,17). The minimum atomic E-state index is -0.717. The molecule has 2 nitrogen and oxygen atoms in total. The molecule has 0 atom stereocenters. The minimum absolute atomic E-state index is 0.474. The zero-order chi connectivity index (χ0) is 12.5. The van der Waals surface area contributed by atoms with E-state index in [4.69, 9.17) is 23.2 Å². The largest absolute Gasteiger partial charge is 0.481 e. The molecule has 0 spiro atoms. The Morgan fingerprint density at radius 1 is 1.29 bits per heavy atom. The number of halogens is 2. The van der Waals surface area contributed by atoms with Gasteiger partial charge < -0.3 is 5.11 Å². The van der Waals surface area contributed by atoms with Gasteiger partial charge in [0.25, 0.3) is 0 Å². The van der Waals surface area contributed by atoms with Crippen LogP contribution in [0.5, 0.6) is 0 Å². The lowest BCUT2D eigenvalue weighted by Crippen LogP contribution is -2.30. The van der Waals surface area contributed by atoms with E-state index < -0.39 is 11.4 Å². The highest BCUT2D eigenvalue weighted by Crippen LogP contribution is 2.43. The van der Waals surface area contributed by atoms with E-state index in [1.807, 2.05) is 12.1 Å². The van der Waals surface area contributed by atoms with Crippen molar-refractivity contribution in [2.24, 2.45) is 5.41 Å². The van der Waals surface area contributed by atoms with Crippen LogP contribution in [0.4, 0.5) is 0 Å². The highest BCUT2D eigenvalue weighted by Gasteiger charge is 2.41. The van der Waals surface area contributed by atoms with Gasteiger partial charge in [0, 0.05) is 0 Å². The van der Waals surface area contributed by atoms with E-state index in [-0.39, 0.29) is 0 Å². The second kappa shape index (κ2) is 4.87. The first-order valence-electron chi connectivity index (χ1n) is 5.71. The molecular weight excluding hydrogens is 259 g/mol. The van der Waals surface area contributed by atoms with Gasteiger partial charge in [-0.2, -0.15) is 0 Å². The maximum absolute atomic E-state index is 11.4. The quantitative estimate of drug-likeness (QED) is 0.896. The molecule has 1 aromatic carbocycles. The van der Waals surface area contributed by atoms with Crippen molar-refractivity contribution in [1.29, 1.82) is 0 Å². The van der Waals surface area contributed by atoms with Gasteiger partial charge in [-0.1, -0.05) is 48.2 Å². The van der Waals surface area contributed by atoms with Crippen LogP contribution >= 0.6 is 23.2 Å². The monoisotopic (exact) mass is 272 g/mol. The number of carbonyl (C=O) groups is 1. The SMILES string of the molecule is O=C(O)C1(Cc2cccc(Cl)c2Cl)CCCC1. The lowest BCUT2D eigenvalue weighted by molar-refractivity contribution is -0.148. The topological polar surface area (TPSA) is 37.3 Å². The Labute approximate surface area is 111 Å². The second-order valence-electron chi connectivity index (χ2n) is 4.68. The summed E-state index contributed by atoms with van der Waals surface area (Å²) in [6.07, 6.45) is 3.88. The molecule has 1 fully saturated rings. The Balaban J connectivity index is 2.30. The van der Waals surface area contributed by atoms with Crippen LogP contribution in [0.25, 0.3) is 0 Å². The molecule has 0 bridgehead atoms. The molecule has 92 valence electrons. The van der Waals surface area contributed by atoms with Crippen molar-refractivity contribution < 1.29 is 9.90 Å². The predicted octanol–water partition coefficient (Wildman–Crippen LogP) is 4.18. The van der Waals surface area contributed by atoms with Gasteiger partial charge in [0.1, 0.15) is 0 Å². The molecule has 17 heavy (non-hydrogen) atoms. The lowest BCUT2D eigenvalue weighted by atomic mass is 9.80. The molecule has 1 aliphatic carbocycles. The summed E-state index contributed by atoms with van der Waals surface area (Å²) in [6, 6.07) is 5.39. The first kappa shape index (κ1) is 12.7. The Hall–Kier alpha value is -0.730. The number of benzene rings is 1. The molecular formula is C13H14Cl2O2. The summed E-state index contributed by atoms with van der Waals surface area (Å²) in [5.74, 6) is -0.717. The van der Waals surface area contributed by atoms with Crippen LogP contribution in [-0.4, -0.2) is 11.1 Å². The molecule has 0 saturated heterocycles. The second-order valence-corrected chi connectivity index (χ2v) is 5.47. The average molecular weight is 273 g/mol. The van der Waals surface area contributed by atoms with Crippen LogP contribution in [-0.2, 0) is 11.2 Å². The summed E-state index contributed by atoms with van der Waals surface area (Å²) in [5.41, 5.74) is 0.192. The summed E-state index contributed by atoms with van der Waals surface area (Å²) >= 11 is 12.1. The predicted molar refractivity (Wildman–Crippen MR) is 68.7 cm³/mol. The van der Waals surface area contributed by atoms with Crippen LogP contribution < -0.4 is 0 Å². The van der Waals surface area contributed by atoms with E-state index in [1.165, 1.54) is 0 Å². The zero-order valence-corrected chi connectivity index (χ0v) is 10.9. The fourth-order valence-electron chi connectivity index (χ4n) is 2.57. The number of hydrogen-bond acceptors (Lipinski definition) is 1. The smallest absolute Gasteiger partial charge is 0.309 e. The van der Waals surface area contributed by atoms with E-state index in [0.717, 1.165) is 31.2 Å². The van der Waals surface area contributed by atoms with Crippen LogP contribution in [0.1, 0.15) is 31.2 Å². The van der Waals surface area contributed by atoms with E-state index >= 15 is 0 Å². The molecule has 2 rings (SSSR count). The van der Waals surface area contributed by atoms with Crippen molar-refractivity contribution in [1.82, 2.24) is 0 Å². The van der Waals surface area contributed by atoms with Gasteiger partial charge in [0.15, 0.2) is 0 Å². The van der Waals surface area contributed by atoms with E-state index in [0.29, 0.717) is 16.5 Å². The fourth-order valence-corrected chi connectivity index (χ4v) is 2.95. The molecule has 0 amide bonds. The third-order valence-electron chi connectivity index (χ3n) is 3.57. The molecule has 0 radical (unpaired) electrons. The van der Waals surface area contributed by atoms with Gasteiger partial charge in [-0.15, -0.1) is 0 Å². The zero-order valence-electron chi connectivity index (χ0n) is 9.38. The highest BCUT2D eigenvalue weighted by atomic mass is 35.5. The normalized spacial score (nSPS) is 18.2. The summed E-state index contributed by atoms with van der Waals surface area (Å²) < 4.78 is 0. The van der Waals surface area contributed by atoms with Crippen molar-refractivity contribution in [3.63, 3.8) is 0 Å². The number of carboxylic acid groups (broad SMARTS) is 1. The summed E-state index contributed by atoms with van der Waals surface area (Å²) in [7, 11) is 0. The molecule has 0 unspecified atom stereocenters. The number of carboxylic acids is 1. The Morgan fingerprint density at radius 2 is 1.94 bits per heavy atom. The minimum Gasteiger partial charge on any atom is -0.481 e. The van der Waals surface area contributed by atoms with Crippen LogP contribution in [0.2, 0.25) is 10.0 Å². The van der Waals surface area contributed by atoms with Gasteiger partial charge in [-0.25, -0.2) is 0 Å². The van der Waals surface area contributed by atoms with Gasteiger partial charge in [0.05, 0.1) is 15.5 Å². The fraction of sp³-hybridized carbons (Fsp3) is 0.462. The molecule has 1 aliphatic rings. The van der Waals surface area contributed by atoms with Gasteiger partial charge in [-0.3, -0.25) is 4.79 Å². The molecule has 1 saturated carbocycles. The molecule has 0 aliphatic heterocycles. The van der Waals surface area contributed by atoms with Crippen LogP contribution in [0.3, 0.4) is 0 Å². The first-order chi connectivity index (χ1) is 8.05. The Bertz CT molecular complexity index is 437. The maximum Gasteiger partial charge on any atom is 0.309 e. The van der Waals surface area contributed by atoms with Crippen LogP contribution in [0.15, 0.2) is 18.2 Å². The van der Waals surface area contributed by atoms with E-state index in [9.17, 15) is 9.90 Å². The van der Waals surface area contributed by atoms with Crippen molar-refractivity contribution in [2.75, 3.05) is 0 Å². The number of aliphatic carboxylic acids is 1. The van der Waals surface area contributed by atoms with Crippen molar-refractivity contribution in [3.8, 4) is 0 Å². The molecule has 1 aromatic rings. The van der Waals surface area contributed by atoms with Crippen LogP contribution in [0, 0.1) is 5.41 Å². The van der Waals surface area contributed by atoms with Gasteiger partial charge in [-0.05, 0) is 30.9 Å². The maximum atomic E-state index is 11.4. The van der Waals surface area contributed by atoms with E-state index in [1.54, 1.807) is 6.07 Å². The average Bonchev–Trinajstić information content (AvgIpc) is 2.75. The number of rotatable bonds is 3. The Morgan fingerprint density at radius 3 is 2.53 bits per heavy atom. The van der Waals surface area contributed by atoms with Gasteiger partial charge in [0.2, 0.25) is 0 Å².